The number of H-pyrrole nitrogens is 1. The lowest BCUT2D eigenvalue weighted by Gasteiger charge is -2.10. The number of aromatic nitrogens is 3. The third-order valence-electron chi connectivity index (χ3n) is 3.72. The van der Waals surface area contributed by atoms with Gasteiger partial charge in [-0.3, -0.25) is 4.79 Å². The normalized spacial score (nSPS) is 12.5. The first kappa shape index (κ1) is 16.3. The molecule has 0 aromatic carbocycles. The second-order valence-electron chi connectivity index (χ2n) is 5.38. The Balaban J connectivity index is 1.72. The Morgan fingerprint density at radius 3 is 2.92 bits per heavy atom. The summed E-state index contributed by atoms with van der Waals surface area (Å²) in [7, 11) is 0. The second-order valence-corrected chi connectivity index (χ2v) is 8.55. The fraction of sp³-hybridized carbons (Fsp3) is 0.118. The molecule has 0 bridgehead atoms. The molecular weight excluding hydrogens is 374 g/mol. The van der Waals surface area contributed by atoms with E-state index in [9.17, 15) is 10.0 Å². The van der Waals surface area contributed by atoms with Gasteiger partial charge >= 0.3 is 0 Å². The monoisotopic (exact) mass is 387 g/mol. The molecule has 8 heteroatoms. The predicted octanol–water partition coefficient (Wildman–Crippen LogP) is 4.20. The average Bonchev–Trinajstić information content (AvgIpc) is 3.25. The molecule has 0 saturated carbocycles. The summed E-state index contributed by atoms with van der Waals surface area (Å²) >= 11 is 4.44. The number of pyridine rings is 1. The molecule has 0 aliphatic heterocycles. The first-order chi connectivity index (χ1) is 12.1. The van der Waals surface area contributed by atoms with Crippen molar-refractivity contribution in [3.05, 3.63) is 68.7 Å². The maximum absolute atomic E-state index is 12.6. The van der Waals surface area contributed by atoms with Gasteiger partial charge in [-0.2, -0.15) is 4.73 Å². The molecule has 25 heavy (non-hydrogen) atoms. The average molecular weight is 388 g/mol. The fourth-order valence-corrected chi connectivity index (χ4v) is 5.19. The van der Waals surface area contributed by atoms with Crippen LogP contribution in [0.5, 0.6) is 0 Å². The smallest absolute Gasteiger partial charge is 0.260 e. The third kappa shape index (κ3) is 3.08. The summed E-state index contributed by atoms with van der Waals surface area (Å²) in [5, 5.41) is 16.8. The SMILES string of the molecule is CC(Sc1cccc[n+]1[O-])c1nc2scc(-c3cccs3)c2c(=O)[nH]1. The molecule has 0 amide bonds. The Kier molecular flexibility index (Phi) is 4.32. The van der Waals surface area contributed by atoms with Crippen molar-refractivity contribution in [2.45, 2.75) is 17.2 Å². The van der Waals surface area contributed by atoms with E-state index >= 15 is 0 Å². The zero-order chi connectivity index (χ0) is 17.4. The maximum Gasteiger partial charge on any atom is 0.260 e. The number of rotatable bonds is 4. The quantitative estimate of drug-likeness (QED) is 0.324. The predicted molar refractivity (Wildman–Crippen MR) is 103 cm³/mol. The lowest BCUT2D eigenvalue weighted by atomic mass is 10.2. The summed E-state index contributed by atoms with van der Waals surface area (Å²) in [6.45, 7) is 1.93. The first-order valence-electron chi connectivity index (χ1n) is 7.53. The van der Waals surface area contributed by atoms with Gasteiger partial charge in [0.1, 0.15) is 10.7 Å². The van der Waals surface area contributed by atoms with Crippen molar-refractivity contribution in [1.29, 1.82) is 0 Å². The molecule has 4 heterocycles. The van der Waals surface area contributed by atoms with E-state index in [0.717, 1.165) is 20.0 Å². The van der Waals surface area contributed by atoms with Crippen LogP contribution in [-0.2, 0) is 0 Å². The molecule has 4 aromatic heterocycles. The maximum atomic E-state index is 12.6. The van der Waals surface area contributed by atoms with Crippen LogP contribution >= 0.6 is 34.4 Å². The Bertz CT molecular complexity index is 1090. The number of fused-ring (bicyclic) bond motifs is 1. The number of thiophene rings is 2. The minimum Gasteiger partial charge on any atom is -0.618 e. The Morgan fingerprint density at radius 1 is 1.28 bits per heavy atom. The summed E-state index contributed by atoms with van der Waals surface area (Å²) in [6, 6.07) is 9.22. The van der Waals surface area contributed by atoms with Gasteiger partial charge in [-0.05, 0) is 36.2 Å². The van der Waals surface area contributed by atoms with Crippen LogP contribution in [0.2, 0.25) is 0 Å². The van der Waals surface area contributed by atoms with Gasteiger partial charge in [0.2, 0.25) is 0 Å². The highest BCUT2D eigenvalue weighted by atomic mass is 32.2. The van der Waals surface area contributed by atoms with Crippen molar-refractivity contribution in [1.82, 2.24) is 9.97 Å². The molecule has 0 aliphatic carbocycles. The summed E-state index contributed by atoms with van der Waals surface area (Å²) < 4.78 is 0.817. The van der Waals surface area contributed by atoms with Crippen LogP contribution in [0.1, 0.15) is 18.0 Å². The molecule has 0 saturated heterocycles. The molecule has 1 atom stereocenters. The summed E-state index contributed by atoms with van der Waals surface area (Å²) in [5.74, 6) is 0.575. The van der Waals surface area contributed by atoms with Crippen LogP contribution < -0.4 is 10.3 Å². The minimum atomic E-state index is -0.146. The molecule has 0 fully saturated rings. The number of thioether (sulfide) groups is 1. The standard InChI is InChI=1S/C17H13N3O2S3/c1-10(25-13-6-2-3-7-20(13)22)15-18-16(21)14-11(9-24-17(14)19-15)12-5-4-8-23-12/h2-10H,1H3,(H,18,19,21). The number of hydrogen-bond acceptors (Lipinski definition) is 6. The van der Waals surface area contributed by atoms with Crippen molar-refractivity contribution in [3.63, 3.8) is 0 Å². The molecule has 126 valence electrons. The third-order valence-corrected chi connectivity index (χ3v) is 6.63. The van der Waals surface area contributed by atoms with Gasteiger partial charge in [0.25, 0.3) is 10.6 Å². The fourth-order valence-electron chi connectivity index (χ4n) is 2.51. The topological polar surface area (TPSA) is 72.7 Å². The highest BCUT2D eigenvalue weighted by molar-refractivity contribution is 7.99. The molecule has 1 N–H and O–H groups in total. The van der Waals surface area contributed by atoms with Crippen LogP contribution in [0.3, 0.4) is 0 Å². The molecule has 0 radical (unpaired) electrons. The van der Waals surface area contributed by atoms with Crippen molar-refractivity contribution in [2.75, 3.05) is 0 Å². The van der Waals surface area contributed by atoms with Gasteiger partial charge in [0.05, 0.1) is 10.6 Å². The number of nitrogens with one attached hydrogen (secondary N) is 1. The highest BCUT2D eigenvalue weighted by Gasteiger charge is 2.19. The van der Waals surface area contributed by atoms with Gasteiger partial charge in [-0.15, -0.1) is 22.7 Å². The van der Waals surface area contributed by atoms with Gasteiger partial charge in [-0.1, -0.05) is 6.07 Å². The Labute approximate surface area is 155 Å². The largest absolute Gasteiger partial charge is 0.618 e. The first-order valence-corrected chi connectivity index (χ1v) is 10.2. The zero-order valence-electron chi connectivity index (χ0n) is 13.1. The Morgan fingerprint density at radius 2 is 2.16 bits per heavy atom. The van der Waals surface area contributed by atoms with E-state index in [4.69, 9.17) is 0 Å². The summed E-state index contributed by atoms with van der Waals surface area (Å²) in [5.41, 5.74) is 0.788. The highest BCUT2D eigenvalue weighted by Crippen LogP contribution is 2.35. The van der Waals surface area contributed by atoms with Gasteiger partial charge in [-0.25, -0.2) is 4.98 Å². The minimum absolute atomic E-state index is 0.139. The van der Waals surface area contributed by atoms with Gasteiger partial charge in [0, 0.05) is 28.0 Å². The van der Waals surface area contributed by atoms with Crippen molar-refractivity contribution < 1.29 is 4.73 Å². The van der Waals surface area contributed by atoms with Crippen LogP contribution in [-0.4, -0.2) is 9.97 Å². The zero-order valence-corrected chi connectivity index (χ0v) is 15.6. The number of hydrogen-bond donors (Lipinski definition) is 1. The Hall–Kier alpha value is -2.16. The van der Waals surface area contributed by atoms with Crippen molar-refractivity contribution in [2.24, 2.45) is 0 Å². The van der Waals surface area contributed by atoms with E-state index in [-0.39, 0.29) is 10.8 Å². The molecule has 4 aromatic rings. The second kappa shape index (κ2) is 6.62. The molecule has 5 nitrogen and oxygen atoms in total. The lowest BCUT2D eigenvalue weighted by Crippen LogP contribution is -2.28. The summed E-state index contributed by atoms with van der Waals surface area (Å²) in [6.07, 6.45) is 1.46. The van der Waals surface area contributed by atoms with E-state index < -0.39 is 0 Å². The van der Waals surface area contributed by atoms with Crippen LogP contribution in [0.15, 0.2) is 57.1 Å². The van der Waals surface area contributed by atoms with E-state index in [1.54, 1.807) is 23.5 Å². The molecule has 0 aliphatic rings. The van der Waals surface area contributed by atoms with E-state index in [1.165, 1.54) is 29.3 Å². The van der Waals surface area contributed by atoms with Crippen LogP contribution in [0.4, 0.5) is 0 Å². The van der Waals surface area contributed by atoms with E-state index in [2.05, 4.69) is 9.97 Å². The molecule has 0 spiro atoms. The van der Waals surface area contributed by atoms with Gasteiger partial charge in [0.15, 0.2) is 6.20 Å². The van der Waals surface area contributed by atoms with Crippen molar-refractivity contribution in [3.8, 4) is 10.4 Å². The molecule has 1 unspecified atom stereocenters. The number of nitrogens with zero attached hydrogens (tertiary/aromatic N) is 2. The van der Waals surface area contributed by atoms with Crippen LogP contribution in [0, 0.1) is 5.21 Å². The lowest BCUT2D eigenvalue weighted by molar-refractivity contribution is -0.645. The van der Waals surface area contributed by atoms with E-state index in [1.807, 2.05) is 35.9 Å². The van der Waals surface area contributed by atoms with Crippen molar-refractivity contribution >= 4 is 44.7 Å². The van der Waals surface area contributed by atoms with Gasteiger partial charge < -0.3 is 10.2 Å². The van der Waals surface area contributed by atoms with Crippen LogP contribution in [0.25, 0.3) is 20.7 Å². The number of aromatic amines is 1. The molecule has 4 rings (SSSR count). The van der Waals surface area contributed by atoms with E-state index in [0.29, 0.717) is 16.2 Å². The molecular formula is C17H13N3O2S3. The summed E-state index contributed by atoms with van der Waals surface area (Å²) in [4.78, 5) is 21.9.